The Bertz CT molecular complexity index is 1010. The van der Waals surface area contributed by atoms with Crippen LogP contribution in [0.2, 0.25) is 5.02 Å². The number of sulfonamides is 1. The quantitative estimate of drug-likeness (QED) is 0.696. The van der Waals surface area contributed by atoms with Gasteiger partial charge in [-0.2, -0.15) is 4.31 Å². The van der Waals surface area contributed by atoms with Crippen molar-refractivity contribution in [1.82, 2.24) is 9.62 Å². The van der Waals surface area contributed by atoms with E-state index in [0.717, 1.165) is 11.1 Å². The number of benzene rings is 2. The number of halogens is 1. The molecule has 2 aromatic rings. The predicted octanol–water partition coefficient (Wildman–Crippen LogP) is 3.76. The van der Waals surface area contributed by atoms with Crippen LogP contribution in [0.15, 0.2) is 47.4 Å². The number of carbonyl (C=O) groups excluding carboxylic acids is 1. The molecule has 1 N–H and O–H groups in total. The highest BCUT2D eigenvalue weighted by Gasteiger charge is 2.33. The number of carbonyl (C=O) groups is 1. The van der Waals surface area contributed by atoms with E-state index in [1.54, 1.807) is 24.3 Å². The van der Waals surface area contributed by atoms with Gasteiger partial charge in [0.15, 0.2) is 0 Å². The van der Waals surface area contributed by atoms with Crippen LogP contribution >= 0.6 is 11.6 Å². The number of amides is 1. The van der Waals surface area contributed by atoms with E-state index in [2.05, 4.69) is 5.32 Å². The minimum atomic E-state index is -3.68. The van der Waals surface area contributed by atoms with E-state index in [0.29, 0.717) is 43.3 Å². The average molecular weight is 451 g/mol. The molecule has 1 amide bonds. The molecule has 162 valence electrons. The van der Waals surface area contributed by atoms with E-state index in [-0.39, 0.29) is 23.3 Å². The zero-order valence-electron chi connectivity index (χ0n) is 17.2. The maximum atomic E-state index is 13.1. The number of hydrogen-bond acceptors (Lipinski definition) is 4. The summed E-state index contributed by atoms with van der Waals surface area (Å²) in [5.74, 6) is 0.129. The molecule has 0 aromatic heterocycles. The van der Waals surface area contributed by atoms with Gasteiger partial charge in [0, 0.05) is 24.7 Å². The number of nitrogens with zero attached hydrogens (tertiary/aromatic N) is 1. The van der Waals surface area contributed by atoms with Gasteiger partial charge < -0.3 is 10.1 Å². The van der Waals surface area contributed by atoms with E-state index in [1.807, 2.05) is 32.0 Å². The van der Waals surface area contributed by atoms with Crippen LogP contribution in [0.5, 0.6) is 5.75 Å². The van der Waals surface area contributed by atoms with Crippen LogP contribution in [-0.4, -0.2) is 38.3 Å². The lowest BCUT2D eigenvalue weighted by Crippen LogP contribution is -2.45. The molecule has 6 nitrogen and oxygen atoms in total. The lowest BCUT2D eigenvalue weighted by atomic mass is 9.99. The molecule has 1 heterocycles. The molecular formula is C22H27ClN2O4S. The maximum absolute atomic E-state index is 13.1. The summed E-state index contributed by atoms with van der Waals surface area (Å²) in [5, 5.41) is 3.48. The normalized spacial score (nSPS) is 17.5. The summed E-state index contributed by atoms with van der Waals surface area (Å²) in [6.45, 7) is 5.12. The van der Waals surface area contributed by atoms with Crippen molar-refractivity contribution in [2.24, 2.45) is 5.92 Å². The number of piperidine rings is 1. The Balaban J connectivity index is 1.68. The summed E-state index contributed by atoms with van der Waals surface area (Å²) in [6, 6.07) is 12.2. The Morgan fingerprint density at radius 2 is 2.03 bits per heavy atom. The van der Waals surface area contributed by atoms with Crippen molar-refractivity contribution in [2.45, 2.75) is 38.1 Å². The van der Waals surface area contributed by atoms with Crippen LogP contribution in [0.4, 0.5) is 0 Å². The molecule has 0 radical (unpaired) electrons. The van der Waals surface area contributed by atoms with Gasteiger partial charge in [-0.15, -0.1) is 0 Å². The zero-order valence-corrected chi connectivity index (χ0v) is 18.8. The minimum absolute atomic E-state index is 0.155. The van der Waals surface area contributed by atoms with Crippen LogP contribution in [0.3, 0.4) is 0 Å². The standard InChI is InChI=1S/C22H27ClN2O4S/c1-3-29-21-11-10-19(13-16(21)2)30(27,28)25-12-6-8-18(15-25)22(26)24-14-17-7-4-5-9-20(17)23/h4-5,7,9-11,13,18H,3,6,8,12,14-15H2,1-2H3,(H,24,26)/t18-/m0/s1. The topological polar surface area (TPSA) is 75.7 Å². The Kier molecular flexibility index (Phi) is 7.39. The van der Waals surface area contributed by atoms with Gasteiger partial charge in [0.1, 0.15) is 5.75 Å². The first kappa shape index (κ1) is 22.6. The number of nitrogens with one attached hydrogen (secondary N) is 1. The number of ether oxygens (including phenoxy) is 1. The van der Waals surface area contributed by atoms with Gasteiger partial charge in [0.2, 0.25) is 15.9 Å². The monoisotopic (exact) mass is 450 g/mol. The van der Waals surface area contributed by atoms with E-state index in [1.165, 1.54) is 4.31 Å². The van der Waals surface area contributed by atoms with Crippen molar-refractivity contribution in [1.29, 1.82) is 0 Å². The van der Waals surface area contributed by atoms with Crippen LogP contribution in [-0.2, 0) is 21.4 Å². The molecule has 0 saturated carbocycles. The number of hydrogen-bond donors (Lipinski definition) is 1. The molecule has 30 heavy (non-hydrogen) atoms. The predicted molar refractivity (Wildman–Crippen MR) is 117 cm³/mol. The molecule has 0 bridgehead atoms. The van der Waals surface area contributed by atoms with Crippen LogP contribution in [0, 0.1) is 12.8 Å². The highest BCUT2D eigenvalue weighted by molar-refractivity contribution is 7.89. The lowest BCUT2D eigenvalue weighted by molar-refractivity contribution is -0.126. The summed E-state index contributed by atoms with van der Waals surface area (Å²) < 4.78 is 33.2. The van der Waals surface area contributed by atoms with Crippen LogP contribution in [0.25, 0.3) is 0 Å². The van der Waals surface area contributed by atoms with Gasteiger partial charge in [-0.1, -0.05) is 29.8 Å². The fourth-order valence-corrected chi connectivity index (χ4v) is 5.40. The maximum Gasteiger partial charge on any atom is 0.243 e. The Morgan fingerprint density at radius 3 is 2.73 bits per heavy atom. The fourth-order valence-electron chi connectivity index (χ4n) is 3.59. The molecule has 1 aliphatic rings. The van der Waals surface area contributed by atoms with Crippen LogP contribution in [0.1, 0.15) is 30.9 Å². The first-order chi connectivity index (χ1) is 14.3. The van der Waals surface area contributed by atoms with Crippen molar-refractivity contribution in [3.63, 3.8) is 0 Å². The Morgan fingerprint density at radius 1 is 1.27 bits per heavy atom. The molecule has 2 aromatic carbocycles. The molecule has 1 fully saturated rings. The van der Waals surface area contributed by atoms with Crippen molar-refractivity contribution < 1.29 is 17.9 Å². The van der Waals surface area contributed by atoms with E-state index in [9.17, 15) is 13.2 Å². The van der Waals surface area contributed by atoms with Crippen molar-refractivity contribution >= 4 is 27.5 Å². The number of rotatable bonds is 7. The van der Waals surface area contributed by atoms with E-state index < -0.39 is 10.0 Å². The smallest absolute Gasteiger partial charge is 0.243 e. The third kappa shape index (κ3) is 5.14. The zero-order chi connectivity index (χ0) is 21.7. The second-order valence-electron chi connectivity index (χ2n) is 7.37. The summed E-state index contributed by atoms with van der Waals surface area (Å²) in [6.07, 6.45) is 1.29. The molecule has 1 saturated heterocycles. The molecule has 0 unspecified atom stereocenters. The minimum Gasteiger partial charge on any atom is -0.494 e. The molecule has 0 spiro atoms. The second kappa shape index (κ2) is 9.81. The first-order valence-corrected chi connectivity index (χ1v) is 11.9. The van der Waals surface area contributed by atoms with Gasteiger partial charge in [0.05, 0.1) is 17.4 Å². The van der Waals surface area contributed by atoms with E-state index in [4.69, 9.17) is 16.3 Å². The highest BCUT2D eigenvalue weighted by atomic mass is 35.5. The number of aryl methyl sites for hydroxylation is 1. The summed E-state index contributed by atoms with van der Waals surface area (Å²) in [7, 11) is -3.68. The van der Waals surface area contributed by atoms with E-state index >= 15 is 0 Å². The van der Waals surface area contributed by atoms with Crippen LogP contribution < -0.4 is 10.1 Å². The molecule has 8 heteroatoms. The van der Waals surface area contributed by atoms with Gasteiger partial charge in [-0.3, -0.25) is 4.79 Å². The van der Waals surface area contributed by atoms with Crippen molar-refractivity contribution in [3.8, 4) is 5.75 Å². The second-order valence-corrected chi connectivity index (χ2v) is 9.72. The van der Waals surface area contributed by atoms with Gasteiger partial charge in [0.25, 0.3) is 0 Å². The molecule has 0 aliphatic carbocycles. The third-order valence-electron chi connectivity index (χ3n) is 5.25. The fraction of sp³-hybridized carbons (Fsp3) is 0.409. The summed E-state index contributed by atoms with van der Waals surface area (Å²) in [5.41, 5.74) is 1.60. The van der Waals surface area contributed by atoms with Crippen molar-refractivity contribution in [3.05, 3.63) is 58.6 Å². The first-order valence-electron chi connectivity index (χ1n) is 10.1. The third-order valence-corrected chi connectivity index (χ3v) is 7.48. The highest BCUT2D eigenvalue weighted by Crippen LogP contribution is 2.27. The molecule has 1 atom stereocenters. The lowest BCUT2D eigenvalue weighted by Gasteiger charge is -2.31. The summed E-state index contributed by atoms with van der Waals surface area (Å²) in [4.78, 5) is 12.9. The molecular weight excluding hydrogens is 424 g/mol. The molecule has 3 rings (SSSR count). The molecule has 1 aliphatic heterocycles. The van der Waals surface area contributed by atoms with Gasteiger partial charge in [-0.25, -0.2) is 8.42 Å². The van der Waals surface area contributed by atoms with Crippen molar-refractivity contribution in [2.75, 3.05) is 19.7 Å². The SMILES string of the molecule is CCOc1ccc(S(=O)(=O)N2CCC[C@H](C(=O)NCc3ccccc3Cl)C2)cc1C. The van der Waals surface area contributed by atoms with Gasteiger partial charge >= 0.3 is 0 Å². The average Bonchev–Trinajstić information content (AvgIpc) is 2.74. The largest absolute Gasteiger partial charge is 0.494 e. The Labute approximate surface area is 183 Å². The van der Waals surface area contributed by atoms with Gasteiger partial charge in [-0.05, 0) is 62.1 Å². The summed E-state index contributed by atoms with van der Waals surface area (Å²) >= 11 is 6.14. The Hall–Kier alpha value is -2.09.